The minimum Gasteiger partial charge on any atom is -0.478 e. The fraction of sp³-hybridized carbons (Fsp3) is 0.167. The molecule has 0 aliphatic carbocycles. The van der Waals surface area contributed by atoms with Crippen LogP contribution in [0.25, 0.3) is 0 Å². The van der Waals surface area contributed by atoms with Gasteiger partial charge < -0.3 is 5.11 Å². The minimum atomic E-state index is -0.992. The fourth-order valence-electron chi connectivity index (χ4n) is 1.65. The van der Waals surface area contributed by atoms with Gasteiger partial charge in [-0.05, 0) is 25.1 Å². The van der Waals surface area contributed by atoms with Crippen LogP contribution in [-0.4, -0.2) is 20.9 Å². The number of rotatable bonds is 3. The molecule has 0 radical (unpaired) electrons. The van der Waals surface area contributed by atoms with Crippen LogP contribution in [0.15, 0.2) is 28.1 Å². The van der Waals surface area contributed by atoms with E-state index in [4.69, 9.17) is 23.2 Å². The van der Waals surface area contributed by atoms with Crippen LogP contribution >= 0.6 is 35.0 Å². The monoisotopic (exact) mass is 316 g/mol. The normalized spacial score (nSPS) is 10.7. The lowest BCUT2D eigenvalue weighted by molar-refractivity contribution is 0.0692. The number of carboxylic acids is 1. The molecular formula is C12H10Cl2N2O2S. The summed E-state index contributed by atoms with van der Waals surface area (Å²) in [6, 6.07) is 5.16. The highest BCUT2D eigenvalue weighted by Crippen LogP contribution is 2.34. The van der Waals surface area contributed by atoms with Crippen LogP contribution in [-0.2, 0) is 7.05 Å². The van der Waals surface area contributed by atoms with Crippen LogP contribution in [0.2, 0.25) is 10.0 Å². The van der Waals surface area contributed by atoms with E-state index in [9.17, 15) is 9.90 Å². The lowest BCUT2D eigenvalue weighted by Crippen LogP contribution is -2.00. The van der Waals surface area contributed by atoms with Gasteiger partial charge >= 0.3 is 5.97 Å². The highest BCUT2D eigenvalue weighted by molar-refractivity contribution is 7.99. The van der Waals surface area contributed by atoms with E-state index in [2.05, 4.69) is 5.10 Å². The third kappa shape index (κ3) is 2.88. The molecule has 0 atom stereocenters. The molecule has 0 unspecified atom stereocenters. The van der Waals surface area contributed by atoms with E-state index in [0.29, 0.717) is 20.8 Å². The Labute approximate surface area is 124 Å². The molecule has 1 aromatic heterocycles. The highest BCUT2D eigenvalue weighted by Gasteiger charge is 2.20. The van der Waals surface area contributed by atoms with Crippen LogP contribution in [0, 0.1) is 6.92 Å². The second-order valence-electron chi connectivity index (χ2n) is 3.87. The van der Waals surface area contributed by atoms with E-state index >= 15 is 0 Å². The molecule has 1 heterocycles. The summed E-state index contributed by atoms with van der Waals surface area (Å²) in [6.45, 7) is 1.67. The first kappa shape index (κ1) is 14.2. The molecule has 2 rings (SSSR count). The zero-order valence-corrected chi connectivity index (χ0v) is 12.5. The number of nitrogens with zero attached hydrogens (tertiary/aromatic N) is 2. The summed E-state index contributed by atoms with van der Waals surface area (Å²) < 4.78 is 1.55. The van der Waals surface area contributed by atoms with Gasteiger partial charge in [-0.15, -0.1) is 0 Å². The lowest BCUT2D eigenvalue weighted by Gasteiger charge is -2.05. The Bertz CT molecular complexity index is 655. The van der Waals surface area contributed by atoms with Gasteiger partial charge in [-0.25, -0.2) is 4.79 Å². The number of aromatic nitrogens is 2. The Morgan fingerprint density at radius 3 is 2.63 bits per heavy atom. The van der Waals surface area contributed by atoms with E-state index in [1.165, 1.54) is 11.8 Å². The van der Waals surface area contributed by atoms with Crippen molar-refractivity contribution >= 4 is 40.9 Å². The van der Waals surface area contributed by atoms with Crippen LogP contribution in [0.5, 0.6) is 0 Å². The van der Waals surface area contributed by atoms with Gasteiger partial charge in [0.2, 0.25) is 0 Å². The molecule has 1 aromatic carbocycles. The zero-order valence-electron chi connectivity index (χ0n) is 10.1. The van der Waals surface area contributed by atoms with Crippen molar-refractivity contribution in [2.75, 3.05) is 0 Å². The first-order valence-corrected chi connectivity index (χ1v) is 6.87. The molecule has 100 valence electrons. The summed E-state index contributed by atoms with van der Waals surface area (Å²) in [5.74, 6) is -0.992. The third-order valence-electron chi connectivity index (χ3n) is 2.49. The first-order chi connectivity index (χ1) is 8.90. The van der Waals surface area contributed by atoms with Crippen LogP contribution in [0.1, 0.15) is 16.1 Å². The molecule has 4 nitrogen and oxygen atoms in total. The molecule has 19 heavy (non-hydrogen) atoms. The highest BCUT2D eigenvalue weighted by atomic mass is 35.5. The van der Waals surface area contributed by atoms with Gasteiger partial charge in [0.05, 0.1) is 15.7 Å². The summed E-state index contributed by atoms with van der Waals surface area (Å²) in [4.78, 5) is 12.1. The Balaban J connectivity index is 2.43. The quantitative estimate of drug-likeness (QED) is 0.933. The number of benzene rings is 1. The molecule has 0 amide bonds. The van der Waals surface area contributed by atoms with Crippen LogP contribution < -0.4 is 0 Å². The van der Waals surface area contributed by atoms with Gasteiger partial charge in [0.25, 0.3) is 0 Å². The minimum absolute atomic E-state index is 0.207. The van der Waals surface area contributed by atoms with Crippen molar-refractivity contribution in [1.29, 1.82) is 0 Å². The van der Waals surface area contributed by atoms with Crippen molar-refractivity contribution in [2.45, 2.75) is 16.8 Å². The standard InChI is InChI=1S/C12H10Cl2N2O2S/c1-6-10(12(17)18)11(16(2)15-6)19-7-3-4-8(13)9(14)5-7/h3-5H,1-2H3,(H,17,18). The number of aromatic carboxylic acids is 1. The van der Waals surface area contributed by atoms with E-state index < -0.39 is 5.97 Å². The van der Waals surface area contributed by atoms with E-state index in [1.807, 2.05) is 0 Å². The number of halogens is 2. The summed E-state index contributed by atoms with van der Waals surface area (Å²) in [6.07, 6.45) is 0. The summed E-state index contributed by atoms with van der Waals surface area (Å²) in [7, 11) is 1.71. The predicted molar refractivity (Wildman–Crippen MR) is 75.5 cm³/mol. The number of carbonyl (C=O) groups is 1. The van der Waals surface area contributed by atoms with E-state index in [0.717, 1.165) is 4.90 Å². The Kier molecular flexibility index (Phi) is 4.08. The van der Waals surface area contributed by atoms with Gasteiger partial charge in [0.1, 0.15) is 10.6 Å². The third-order valence-corrected chi connectivity index (χ3v) is 4.38. The van der Waals surface area contributed by atoms with Gasteiger partial charge in [0.15, 0.2) is 0 Å². The molecule has 0 aliphatic rings. The molecule has 2 aromatic rings. The lowest BCUT2D eigenvalue weighted by atomic mass is 10.3. The van der Waals surface area contributed by atoms with Gasteiger partial charge in [0, 0.05) is 11.9 Å². The van der Waals surface area contributed by atoms with Crippen molar-refractivity contribution < 1.29 is 9.90 Å². The largest absolute Gasteiger partial charge is 0.478 e. The van der Waals surface area contributed by atoms with Crippen molar-refractivity contribution in [1.82, 2.24) is 9.78 Å². The van der Waals surface area contributed by atoms with Crippen molar-refractivity contribution in [3.05, 3.63) is 39.5 Å². The second-order valence-corrected chi connectivity index (χ2v) is 5.75. The summed E-state index contributed by atoms with van der Waals surface area (Å²) in [5, 5.41) is 14.8. The van der Waals surface area contributed by atoms with Crippen LogP contribution in [0.4, 0.5) is 0 Å². The van der Waals surface area contributed by atoms with Gasteiger partial charge in [-0.1, -0.05) is 35.0 Å². The molecule has 0 saturated carbocycles. The smallest absolute Gasteiger partial charge is 0.340 e. The summed E-state index contributed by atoms with van der Waals surface area (Å²) >= 11 is 13.1. The molecule has 0 spiro atoms. The average Bonchev–Trinajstić information content (AvgIpc) is 2.59. The molecular weight excluding hydrogens is 307 g/mol. The molecule has 0 saturated heterocycles. The Hall–Kier alpha value is -1.17. The second kappa shape index (κ2) is 5.45. The maximum absolute atomic E-state index is 11.3. The molecule has 0 fully saturated rings. The van der Waals surface area contributed by atoms with Crippen molar-refractivity contribution in [3.63, 3.8) is 0 Å². The molecule has 0 bridgehead atoms. The van der Waals surface area contributed by atoms with E-state index in [-0.39, 0.29) is 5.56 Å². The summed E-state index contributed by atoms with van der Waals surface area (Å²) in [5.41, 5.74) is 0.691. The average molecular weight is 317 g/mol. The first-order valence-electron chi connectivity index (χ1n) is 5.30. The number of hydrogen-bond acceptors (Lipinski definition) is 3. The number of aryl methyl sites for hydroxylation is 2. The molecule has 1 N–H and O–H groups in total. The van der Waals surface area contributed by atoms with Gasteiger partial charge in [-0.3, -0.25) is 4.68 Å². The van der Waals surface area contributed by atoms with Gasteiger partial charge in [-0.2, -0.15) is 5.10 Å². The predicted octanol–water partition coefficient (Wildman–Crippen LogP) is 3.88. The SMILES string of the molecule is Cc1nn(C)c(Sc2ccc(Cl)c(Cl)c2)c1C(=O)O. The van der Waals surface area contributed by atoms with E-state index in [1.54, 1.807) is 36.9 Å². The molecule has 7 heteroatoms. The fourth-order valence-corrected chi connectivity index (χ4v) is 3.06. The van der Waals surface area contributed by atoms with Crippen LogP contribution in [0.3, 0.4) is 0 Å². The topological polar surface area (TPSA) is 55.1 Å². The Morgan fingerprint density at radius 1 is 1.37 bits per heavy atom. The maximum Gasteiger partial charge on any atom is 0.340 e. The molecule has 0 aliphatic heterocycles. The van der Waals surface area contributed by atoms with Crippen molar-refractivity contribution in [2.24, 2.45) is 7.05 Å². The number of hydrogen-bond donors (Lipinski definition) is 1. The van der Waals surface area contributed by atoms with Crippen molar-refractivity contribution in [3.8, 4) is 0 Å². The zero-order chi connectivity index (χ0) is 14.2. The number of carboxylic acid groups (broad SMARTS) is 1. The Morgan fingerprint density at radius 2 is 2.05 bits per heavy atom. The maximum atomic E-state index is 11.3.